The van der Waals surface area contributed by atoms with E-state index in [4.69, 9.17) is 4.98 Å². The molecule has 0 aliphatic heterocycles. The minimum absolute atomic E-state index is 0. The van der Waals surface area contributed by atoms with Crippen LogP contribution < -0.4 is 5.19 Å². The molecule has 5 aromatic carbocycles. The van der Waals surface area contributed by atoms with Crippen LogP contribution in [0.5, 0.6) is 0 Å². The van der Waals surface area contributed by atoms with E-state index < -0.39 is 8.07 Å². The van der Waals surface area contributed by atoms with E-state index in [0.29, 0.717) is 5.92 Å². The summed E-state index contributed by atoms with van der Waals surface area (Å²) in [5.41, 5.74) is 10.7. The summed E-state index contributed by atoms with van der Waals surface area (Å²) in [6.07, 6.45) is 4.97. The Morgan fingerprint density at radius 3 is 2.13 bits per heavy atom. The predicted octanol–water partition coefficient (Wildman–Crippen LogP) is 12.4. The molecule has 3 aromatic heterocycles. The molecule has 0 bridgehead atoms. The molecule has 0 N–H and O–H groups in total. The number of benzene rings is 5. The van der Waals surface area contributed by atoms with Gasteiger partial charge < -0.3 is 9.97 Å². The molecule has 0 atom stereocenters. The zero-order valence-corrected chi connectivity index (χ0v) is 34.5. The fraction of sp³-hybridized carbons (Fsp3) is 0.149. The van der Waals surface area contributed by atoms with Crippen molar-refractivity contribution in [3.63, 3.8) is 0 Å². The molecule has 2 nitrogen and oxygen atoms in total. The SMILES string of the molecule is CC(C)c1ccnc(-c2[c-]ccc3c2sc2cc(-c4ccccc4)ccc23)c1.C[Si](C)(C)c1cnc(-c2[c-]cccc2)cc1Cc1ccccc1.[Ir]. The van der Waals surface area contributed by atoms with Gasteiger partial charge in [-0.3, -0.25) is 0 Å². The molecule has 0 unspecified atom stereocenters. The summed E-state index contributed by atoms with van der Waals surface area (Å²) in [5, 5.41) is 4.03. The van der Waals surface area contributed by atoms with Crippen LogP contribution in [0.15, 0.2) is 146 Å². The van der Waals surface area contributed by atoms with Crippen LogP contribution in [0.25, 0.3) is 53.8 Å². The summed E-state index contributed by atoms with van der Waals surface area (Å²) in [4.78, 5) is 9.37. The molecule has 0 aliphatic rings. The van der Waals surface area contributed by atoms with Gasteiger partial charge in [-0.1, -0.05) is 135 Å². The quantitative estimate of drug-likeness (QED) is 0.118. The first kappa shape index (κ1) is 37.2. The molecule has 8 aromatic rings. The fourth-order valence-corrected chi connectivity index (χ4v) is 9.34. The van der Waals surface area contributed by atoms with Gasteiger partial charge in [0.2, 0.25) is 0 Å². The van der Waals surface area contributed by atoms with Crippen molar-refractivity contribution in [2.75, 3.05) is 0 Å². The van der Waals surface area contributed by atoms with Crippen LogP contribution in [0.1, 0.15) is 36.5 Å². The molecule has 0 fully saturated rings. The number of hydrogen-bond acceptors (Lipinski definition) is 3. The molecule has 3 heterocycles. The third-order valence-corrected chi connectivity index (χ3v) is 12.5. The summed E-state index contributed by atoms with van der Waals surface area (Å²) in [6, 6.07) is 53.5. The summed E-state index contributed by atoms with van der Waals surface area (Å²) in [6.45, 7) is 11.6. The minimum Gasteiger partial charge on any atom is -0.305 e. The number of pyridine rings is 2. The van der Waals surface area contributed by atoms with Gasteiger partial charge >= 0.3 is 0 Å². The number of aromatic nitrogens is 2. The second kappa shape index (κ2) is 16.4. The van der Waals surface area contributed by atoms with Crippen molar-refractivity contribution in [2.45, 2.75) is 45.8 Å². The average molecular weight is 887 g/mol. The molecule has 52 heavy (non-hydrogen) atoms. The second-order valence-corrected chi connectivity index (χ2v) is 20.4. The van der Waals surface area contributed by atoms with Crippen LogP contribution in [0.4, 0.5) is 0 Å². The van der Waals surface area contributed by atoms with E-state index in [9.17, 15) is 0 Å². The van der Waals surface area contributed by atoms with Crippen molar-refractivity contribution in [3.05, 3.63) is 175 Å². The number of nitrogens with zero attached hydrogens (tertiary/aromatic N) is 2. The van der Waals surface area contributed by atoms with Gasteiger partial charge in [0.25, 0.3) is 0 Å². The van der Waals surface area contributed by atoms with E-state index in [-0.39, 0.29) is 20.1 Å². The third kappa shape index (κ3) is 8.41. The molecule has 0 aliphatic carbocycles. The van der Waals surface area contributed by atoms with Gasteiger partial charge in [-0.15, -0.1) is 59.7 Å². The predicted molar refractivity (Wildman–Crippen MR) is 222 cm³/mol. The Balaban J connectivity index is 0.000000179. The van der Waals surface area contributed by atoms with Crippen LogP contribution in [0.2, 0.25) is 19.6 Å². The third-order valence-electron chi connectivity index (χ3n) is 9.27. The Morgan fingerprint density at radius 2 is 1.42 bits per heavy atom. The van der Waals surface area contributed by atoms with Crippen molar-refractivity contribution < 1.29 is 20.1 Å². The van der Waals surface area contributed by atoms with Gasteiger partial charge in [0.05, 0.1) is 8.07 Å². The van der Waals surface area contributed by atoms with E-state index in [1.807, 2.05) is 41.8 Å². The molecule has 0 saturated carbocycles. The van der Waals surface area contributed by atoms with E-state index in [1.165, 1.54) is 53.2 Å². The zero-order valence-electron chi connectivity index (χ0n) is 30.3. The summed E-state index contributed by atoms with van der Waals surface area (Å²) < 4.78 is 2.56. The van der Waals surface area contributed by atoms with Gasteiger partial charge in [0.1, 0.15) is 0 Å². The monoisotopic (exact) mass is 887 g/mol. The fourth-order valence-electron chi connectivity index (χ4n) is 6.52. The number of hydrogen-bond donors (Lipinski definition) is 0. The van der Waals surface area contributed by atoms with E-state index >= 15 is 0 Å². The number of fused-ring (bicyclic) bond motifs is 3. The van der Waals surface area contributed by atoms with E-state index in [0.717, 1.165) is 28.9 Å². The Morgan fingerprint density at radius 1 is 0.673 bits per heavy atom. The van der Waals surface area contributed by atoms with Gasteiger partial charge in [-0.25, -0.2) is 0 Å². The molecular weight excluding hydrogens is 845 g/mol. The first-order valence-electron chi connectivity index (χ1n) is 17.6. The van der Waals surface area contributed by atoms with Crippen molar-refractivity contribution in [1.29, 1.82) is 0 Å². The van der Waals surface area contributed by atoms with Crippen LogP contribution >= 0.6 is 11.3 Å². The van der Waals surface area contributed by atoms with Crippen molar-refractivity contribution in [3.8, 4) is 33.6 Å². The summed E-state index contributed by atoms with van der Waals surface area (Å²) in [5.74, 6) is 0.483. The minimum atomic E-state index is -1.43. The first-order chi connectivity index (χ1) is 24.7. The van der Waals surface area contributed by atoms with Crippen LogP contribution in [-0.4, -0.2) is 18.0 Å². The Bertz CT molecular complexity index is 2400. The number of rotatable bonds is 7. The molecule has 8 rings (SSSR count). The Kier molecular flexibility index (Phi) is 11.8. The molecule has 1 radical (unpaired) electrons. The zero-order chi connectivity index (χ0) is 35.4. The molecule has 5 heteroatoms. The smallest absolute Gasteiger partial charge is 0.0799 e. The summed E-state index contributed by atoms with van der Waals surface area (Å²) in [7, 11) is -1.43. The molecule has 0 spiro atoms. The molecule has 0 amide bonds. The van der Waals surface area contributed by atoms with Crippen molar-refractivity contribution in [2.24, 2.45) is 0 Å². The maximum Gasteiger partial charge on any atom is 0.0799 e. The van der Waals surface area contributed by atoms with E-state index in [2.05, 4.69) is 166 Å². The topological polar surface area (TPSA) is 25.8 Å². The second-order valence-electron chi connectivity index (χ2n) is 14.3. The van der Waals surface area contributed by atoms with E-state index in [1.54, 1.807) is 0 Å². The van der Waals surface area contributed by atoms with Crippen LogP contribution in [0.3, 0.4) is 0 Å². The molecular formula is C47H42IrN2SSi-2. The standard InChI is InChI=1S/C26H20NS.C21H22NSi.Ir/c1-17(2)19-13-14-27-24(15-19)23-10-6-9-22-21-12-11-20(16-25(21)28-26(22)23)18-7-4-3-5-8-18;1-23(2,3)21-16-22-20(18-12-8-5-9-13-18)15-19(21)14-17-10-6-4-7-11-17;/h3-9,11-17H,1-2H3;4-12,15-16H,14H2,1-3H3;/q2*-1;. The maximum absolute atomic E-state index is 4.72. The van der Waals surface area contributed by atoms with Crippen LogP contribution in [0, 0.1) is 12.1 Å². The normalized spacial score (nSPS) is 11.3. The van der Waals surface area contributed by atoms with Gasteiger partial charge in [-0.05, 0) is 67.8 Å². The van der Waals surface area contributed by atoms with Gasteiger partial charge in [0, 0.05) is 37.2 Å². The maximum atomic E-state index is 4.72. The van der Waals surface area contributed by atoms with Gasteiger partial charge in [-0.2, -0.15) is 11.3 Å². The van der Waals surface area contributed by atoms with Crippen LogP contribution in [-0.2, 0) is 26.5 Å². The number of thiophene rings is 1. The largest absolute Gasteiger partial charge is 0.305 e. The molecule has 261 valence electrons. The Hall–Kier alpha value is -4.51. The molecule has 0 saturated heterocycles. The van der Waals surface area contributed by atoms with Crippen molar-refractivity contribution in [1.82, 2.24) is 9.97 Å². The van der Waals surface area contributed by atoms with Crippen molar-refractivity contribution >= 4 is 44.8 Å². The average Bonchev–Trinajstić information content (AvgIpc) is 3.54. The summed E-state index contributed by atoms with van der Waals surface area (Å²) >= 11 is 1.83. The Labute approximate surface area is 327 Å². The first-order valence-corrected chi connectivity index (χ1v) is 22.0. The van der Waals surface area contributed by atoms with Gasteiger partial charge in [0.15, 0.2) is 0 Å².